The molecule has 1 aromatic heterocycles. The molecule has 1 aromatic carbocycles. The first kappa shape index (κ1) is 11.6. The van der Waals surface area contributed by atoms with Crippen LogP contribution in [-0.4, -0.2) is 20.9 Å². The van der Waals surface area contributed by atoms with E-state index < -0.39 is 0 Å². The van der Waals surface area contributed by atoms with Crippen LogP contribution >= 0.6 is 11.6 Å². The van der Waals surface area contributed by atoms with Gasteiger partial charge in [-0.15, -0.1) is 5.10 Å². The Hall–Kier alpha value is -1.88. The van der Waals surface area contributed by atoms with Crippen LogP contribution in [0.5, 0.6) is 0 Å². The summed E-state index contributed by atoms with van der Waals surface area (Å²) < 4.78 is 1.48. The number of carbonyl (C=O) groups is 1. The largest absolute Gasteiger partial charge is 0.347 e. The van der Waals surface area contributed by atoms with Gasteiger partial charge in [-0.25, -0.2) is 0 Å². The monoisotopic (exact) mass is 250 g/mol. The summed E-state index contributed by atoms with van der Waals surface area (Å²) in [5, 5.41) is 10.8. The maximum atomic E-state index is 11.6. The zero-order chi connectivity index (χ0) is 12.3. The van der Waals surface area contributed by atoms with Gasteiger partial charge in [0.25, 0.3) is 5.91 Å². The summed E-state index contributed by atoms with van der Waals surface area (Å²) in [4.78, 5) is 11.6. The molecule has 0 aliphatic rings. The van der Waals surface area contributed by atoms with Crippen LogP contribution in [0.3, 0.4) is 0 Å². The Morgan fingerprint density at radius 1 is 1.41 bits per heavy atom. The highest BCUT2D eigenvalue weighted by molar-refractivity contribution is 6.30. The zero-order valence-corrected chi connectivity index (χ0v) is 9.98. The van der Waals surface area contributed by atoms with Crippen LogP contribution in [-0.2, 0) is 13.6 Å². The van der Waals surface area contributed by atoms with Crippen LogP contribution in [0.25, 0.3) is 0 Å². The van der Waals surface area contributed by atoms with Gasteiger partial charge in [-0.2, -0.15) is 0 Å². The van der Waals surface area contributed by atoms with Crippen LogP contribution in [0.1, 0.15) is 16.1 Å². The topological polar surface area (TPSA) is 59.8 Å². The summed E-state index contributed by atoms with van der Waals surface area (Å²) in [6.07, 6.45) is 1.57. The number of hydrogen-bond acceptors (Lipinski definition) is 3. The Bertz CT molecular complexity index is 521. The second-order valence-corrected chi connectivity index (χ2v) is 4.02. The number of halogens is 1. The third kappa shape index (κ3) is 3.04. The number of carbonyl (C=O) groups excluding carboxylic acids is 1. The molecule has 1 heterocycles. The van der Waals surface area contributed by atoms with Crippen LogP contribution in [0, 0.1) is 0 Å². The van der Waals surface area contributed by atoms with E-state index >= 15 is 0 Å². The summed E-state index contributed by atoms with van der Waals surface area (Å²) in [5.41, 5.74) is 1.29. The maximum Gasteiger partial charge on any atom is 0.273 e. The second-order valence-electron chi connectivity index (χ2n) is 3.59. The second kappa shape index (κ2) is 4.97. The van der Waals surface area contributed by atoms with Crippen molar-refractivity contribution in [3.05, 3.63) is 46.7 Å². The van der Waals surface area contributed by atoms with Crippen molar-refractivity contribution in [2.45, 2.75) is 6.54 Å². The van der Waals surface area contributed by atoms with Gasteiger partial charge in [0.05, 0.1) is 6.20 Å². The minimum atomic E-state index is -0.243. The minimum absolute atomic E-state index is 0.243. The van der Waals surface area contributed by atoms with Crippen molar-refractivity contribution in [3.63, 3.8) is 0 Å². The van der Waals surface area contributed by atoms with Crippen LogP contribution in [0.15, 0.2) is 30.5 Å². The molecule has 0 aliphatic heterocycles. The van der Waals surface area contributed by atoms with Crippen LogP contribution in [0.2, 0.25) is 5.02 Å². The molecule has 1 amide bonds. The number of aryl methyl sites for hydroxylation is 1. The molecule has 6 heteroatoms. The average Bonchev–Trinajstić information content (AvgIpc) is 2.75. The maximum absolute atomic E-state index is 11.6. The molecule has 0 aliphatic carbocycles. The van der Waals surface area contributed by atoms with Gasteiger partial charge in [0.15, 0.2) is 5.69 Å². The van der Waals surface area contributed by atoms with E-state index in [1.54, 1.807) is 25.4 Å². The molecular formula is C11H11ClN4O. The number of benzene rings is 1. The van der Waals surface area contributed by atoms with E-state index in [1.165, 1.54) is 4.68 Å². The van der Waals surface area contributed by atoms with Gasteiger partial charge in [0.1, 0.15) is 0 Å². The number of amides is 1. The van der Waals surface area contributed by atoms with Gasteiger partial charge in [0.2, 0.25) is 0 Å². The fraction of sp³-hybridized carbons (Fsp3) is 0.182. The normalized spacial score (nSPS) is 10.2. The van der Waals surface area contributed by atoms with Crippen molar-refractivity contribution in [1.29, 1.82) is 0 Å². The van der Waals surface area contributed by atoms with Crippen molar-refractivity contribution in [1.82, 2.24) is 20.3 Å². The predicted molar refractivity (Wildman–Crippen MR) is 63.6 cm³/mol. The lowest BCUT2D eigenvalue weighted by molar-refractivity contribution is 0.0946. The summed E-state index contributed by atoms with van der Waals surface area (Å²) >= 11 is 5.76. The molecular weight excluding hydrogens is 240 g/mol. The summed E-state index contributed by atoms with van der Waals surface area (Å²) in [6, 6.07) is 7.29. The van der Waals surface area contributed by atoms with Gasteiger partial charge >= 0.3 is 0 Å². The number of rotatable bonds is 3. The Morgan fingerprint density at radius 2 is 2.12 bits per heavy atom. The Labute approximate surface area is 103 Å². The molecule has 1 N–H and O–H groups in total. The minimum Gasteiger partial charge on any atom is -0.347 e. The summed E-state index contributed by atoms with van der Waals surface area (Å²) in [5.74, 6) is -0.243. The lowest BCUT2D eigenvalue weighted by atomic mass is 10.2. The van der Waals surface area contributed by atoms with Crippen molar-refractivity contribution in [3.8, 4) is 0 Å². The zero-order valence-electron chi connectivity index (χ0n) is 9.22. The molecule has 5 nitrogen and oxygen atoms in total. The SMILES string of the molecule is Cn1cc(C(=O)NCc2ccc(Cl)cc2)nn1. The van der Waals surface area contributed by atoms with Crippen molar-refractivity contribution < 1.29 is 4.79 Å². The molecule has 0 saturated heterocycles. The number of aromatic nitrogens is 3. The molecule has 88 valence electrons. The lowest BCUT2D eigenvalue weighted by Crippen LogP contribution is -2.23. The molecule has 0 bridgehead atoms. The first-order valence-electron chi connectivity index (χ1n) is 5.04. The van der Waals surface area contributed by atoms with Crippen LogP contribution in [0.4, 0.5) is 0 Å². The standard InChI is InChI=1S/C11H11ClN4O/c1-16-7-10(14-15-16)11(17)13-6-8-2-4-9(12)5-3-8/h2-5,7H,6H2,1H3,(H,13,17). The van der Waals surface area contributed by atoms with Crippen molar-refractivity contribution in [2.24, 2.45) is 7.05 Å². The number of nitrogens with zero attached hydrogens (tertiary/aromatic N) is 3. The van der Waals surface area contributed by atoms with E-state index in [1.807, 2.05) is 12.1 Å². The predicted octanol–water partition coefficient (Wildman–Crippen LogP) is 1.40. The molecule has 0 atom stereocenters. The third-order valence-electron chi connectivity index (χ3n) is 2.20. The fourth-order valence-corrected chi connectivity index (χ4v) is 1.45. The first-order chi connectivity index (χ1) is 8.15. The van der Waals surface area contributed by atoms with Crippen molar-refractivity contribution >= 4 is 17.5 Å². The number of nitrogens with one attached hydrogen (secondary N) is 1. The first-order valence-corrected chi connectivity index (χ1v) is 5.42. The summed E-state index contributed by atoms with van der Waals surface area (Å²) in [7, 11) is 1.71. The van der Waals surface area contributed by atoms with E-state index in [9.17, 15) is 4.79 Å². The highest BCUT2D eigenvalue weighted by Crippen LogP contribution is 2.09. The molecule has 0 radical (unpaired) electrons. The Morgan fingerprint density at radius 3 is 2.71 bits per heavy atom. The van der Waals surface area contributed by atoms with E-state index in [2.05, 4.69) is 15.6 Å². The lowest BCUT2D eigenvalue weighted by Gasteiger charge is -2.02. The molecule has 2 aromatic rings. The Balaban J connectivity index is 1.94. The van der Waals surface area contributed by atoms with Crippen LogP contribution < -0.4 is 5.32 Å². The number of hydrogen-bond donors (Lipinski definition) is 1. The Kier molecular flexibility index (Phi) is 3.39. The average molecular weight is 251 g/mol. The quantitative estimate of drug-likeness (QED) is 0.896. The third-order valence-corrected chi connectivity index (χ3v) is 2.45. The molecule has 0 spiro atoms. The highest BCUT2D eigenvalue weighted by Gasteiger charge is 2.08. The molecule has 0 fully saturated rings. The molecule has 17 heavy (non-hydrogen) atoms. The van der Waals surface area contributed by atoms with E-state index in [4.69, 9.17) is 11.6 Å². The summed E-state index contributed by atoms with van der Waals surface area (Å²) in [6.45, 7) is 0.437. The van der Waals surface area contributed by atoms with Gasteiger partial charge < -0.3 is 5.32 Å². The fourth-order valence-electron chi connectivity index (χ4n) is 1.33. The van der Waals surface area contributed by atoms with Gasteiger partial charge in [-0.1, -0.05) is 28.9 Å². The smallest absolute Gasteiger partial charge is 0.273 e. The molecule has 0 saturated carbocycles. The van der Waals surface area contributed by atoms with Crippen molar-refractivity contribution in [2.75, 3.05) is 0 Å². The molecule has 0 unspecified atom stereocenters. The molecule has 2 rings (SSSR count). The van der Waals surface area contributed by atoms with E-state index in [0.29, 0.717) is 17.3 Å². The van der Waals surface area contributed by atoms with E-state index in [-0.39, 0.29) is 5.91 Å². The van der Waals surface area contributed by atoms with Gasteiger partial charge in [-0.3, -0.25) is 9.48 Å². The van der Waals surface area contributed by atoms with Gasteiger partial charge in [-0.05, 0) is 17.7 Å². The van der Waals surface area contributed by atoms with Gasteiger partial charge in [0, 0.05) is 18.6 Å². The highest BCUT2D eigenvalue weighted by atomic mass is 35.5. The van der Waals surface area contributed by atoms with E-state index in [0.717, 1.165) is 5.56 Å².